The fraction of sp³-hybridized carbons (Fsp3) is 0.333. The van der Waals surface area contributed by atoms with E-state index in [4.69, 9.17) is 9.47 Å². The molecule has 0 unspecified atom stereocenters. The molecule has 112 valence electrons. The summed E-state index contributed by atoms with van der Waals surface area (Å²) < 4.78 is 10.6. The van der Waals surface area contributed by atoms with Crippen LogP contribution in [0.1, 0.15) is 17.5 Å². The Bertz CT molecular complexity index is 540. The van der Waals surface area contributed by atoms with Crippen LogP contribution in [0.15, 0.2) is 48.5 Å². The Kier molecular flexibility index (Phi) is 6.10. The molecule has 0 saturated carbocycles. The predicted octanol–water partition coefficient (Wildman–Crippen LogP) is 3.43. The first kappa shape index (κ1) is 15.4. The Morgan fingerprint density at radius 2 is 1.76 bits per heavy atom. The molecule has 0 aliphatic rings. The summed E-state index contributed by atoms with van der Waals surface area (Å²) in [6.07, 6.45) is 2.23. The van der Waals surface area contributed by atoms with Crippen LogP contribution in [0.3, 0.4) is 0 Å². The second-order valence-corrected chi connectivity index (χ2v) is 4.94. The standard InChI is InChI=1S/C18H23NO2/c1-20-17-11-10-16(18(13-17)21-2)14-19-12-6-9-15-7-4-3-5-8-15/h3-5,7-8,10-11,13,19H,6,9,12,14H2,1-2H3. The lowest BCUT2D eigenvalue weighted by atomic mass is 10.1. The lowest BCUT2D eigenvalue weighted by Gasteiger charge is -2.11. The molecule has 2 rings (SSSR count). The van der Waals surface area contributed by atoms with Crippen molar-refractivity contribution in [2.75, 3.05) is 20.8 Å². The molecule has 0 aliphatic carbocycles. The average molecular weight is 285 g/mol. The van der Waals surface area contributed by atoms with E-state index in [0.29, 0.717) is 0 Å². The van der Waals surface area contributed by atoms with Crippen molar-refractivity contribution in [2.45, 2.75) is 19.4 Å². The van der Waals surface area contributed by atoms with E-state index in [-0.39, 0.29) is 0 Å². The number of nitrogens with one attached hydrogen (secondary N) is 1. The minimum absolute atomic E-state index is 0.807. The van der Waals surface area contributed by atoms with Crippen molar-refractivity contribution >= 4 is 0 Å². The number of hydrogen-bond donors (Lipinski definition) is 1. The van der Waals surface area contributed by atoms with E-state index < -0.39 is 0 Å². The smallest absolute Gasteiger partial charge is 0.127 e. The van der Waals surface area contributed by atoms with E-state index in [1.54, 1.807) is 14.2 Å². The monoisotopic (exact) mass is 285 g/mol. The van der Waals surface area contributed by atoms with Gasteiger partial charge < -0.3 is 14.8 Å². The van der Waals surface area contributed by atoms with Crippen LogP contribution in [0.4, 0.5) is 0 Å². The molecule has 3 heteroatoms. The molecule has 0 aromatic heterocycles. The highest BCUT2D eigenvalue weighted by Gasteiger charge is 2.04. The van der Waals surface area contributed by atoms with Crippen LogP contribution in [0.2, 0.25) is 0 Å². The van der Waals surface area contributed by atoms with Gasteiger partial charge in [-0.25, -0.2) is 0 Å². The normalized spacial score (nSPS) is 10.4. The highest BCUT2D eigenvalue weighted by molar-refractivity contribution is 5.40. The van der Waals surface area contributed by atoms with Gasteiger partial charge in [0.1, 0.15) is 11.5 Å². The number of benzene rings is 2. The molecule has 0 radical (unpaired) electrons. The van der Waals surface area contributed by atoms with Crippen LogP contribution in [0, 0.1) is 0 Å². The SMILES string of the molecule is COc1ccc(CNCCCc2ccccc2)c(OC)c1. The second kappa shape index (κ2) is 8.32. The van der Waals surface area contributed by atoms with Crippen LogP contribution in [0.5, 0.6) is 11.5 Å². The number of aryl methyl sites for hydroxylation is 1. The summed E-state index contributed by atoms with van der Waals surface area (Å²) in [7, 11) is 3.35. The molecule has 0 aliphatic heterocycles. The van der Waals surface area contributed by atoms with Gasteiger partial charge in [0.05, 0.1) is 14.2 Å². The van der Waals surface area contributed by atoms with E-state index in [1.807, 2.05) is 18.2 Å². The Morgan fingerprint density at radius 1 is 0.952 bits per heavy atom. The first-order chi connectivity index (χ1) is 10.3. The molecule has 1 N–H and O–H groups in total. The Morgan fingerprint density at radius 3 is 2.48 bits per heavy atom. The number of methoxy groups -OCH3 is 2. The van der Waals surface area contributed by atoms with E-state index in [0.717, 1.165) is 43.0 Å². The highest BCUT2D eigenvalue weighted by Crippen LogP contribution is 2.24. The summed E-state index contributed by atoms with van der Waals surface area (Å²) in [6.45, 7) is 1.80. The van der Waals surface area contributed by atoms with Gasteiger partial charge in [0.25, 0.3) is 0 Å². The first-order valence-corrected chi connectivity index (χ1v) is 7.29. The largest absolute Gasteiger partial charge is 0.497 e. The number of ether oxygens (including phenoxy) is 2. The summed E-state index contributed by atoms with van der Waals surface area (Å²) >= 11 is 0. The van der Waals surface area contributed by atoms with Crippen molar-refractivity contribution in [1.82, 2.24) is 5.32 Å². The predicted molar refractivity (Wildman–Crippen MR) is 86.0 cm³/mol. The molecular weight excluding hydrogens is 262 g/mol. The second-order valence-electron chi connectivity index (χ2n) is 4.94. The van der Waals surface area contributed by atoms with Crippen LogP contribution in [0.25, 0.3) is 0 Å². The Labute approximate surface area is 126 Å². The zero-order valence-electron chi connectivity index (χ0n) is 12.8. The molecule has 0 spiro atoms. The summed E-state index contributed by atoms with van der Waals surface area (Å²) in [5.74, 6) is 1.68. The van der Waals surface area contributed by atoms with Crippen LogP contribution >= 0.6 is 0 Å². The fourth-order valence-corrected chi connectivity index (χ4v) is 2.28. The van der Waals surface area contributed by atoms with Crippen LogP contribution in [-0.2, 0) is 13.0 Å². The van der Waals surface area contributed by atoms with E-state index in [9.17, 15) is 0 Å². The third-order valence-corrected chi connectivity index (χ3v) is 3.47. The zero-order valence-corrected chi connectivity index (χ0v) is 12.8. The molecule has 21 heavy (non-hydrogen) atoms. The van der Waals surface area contributed by atoms with E-state index in [1.165, 1.54) is 5.56 Å². The summed E-state index contributed by atoms with van der Waals surface area (Å²) in [6, 6.07) is 16.5. The molecule has 0 fully saturated rings. The van der Waals surface area contributed by atoms with Crippen molar-refractivity contribution < 1.29 is 9.47 Å². The zero-order chi connectivity index (χ0) is 14.9. The lowest BCUT2D eigenvalue weighted by molar-refractivity contribution is 0.390. The minimum atomic E-state index is 0.807. The van der Waals surface area contributed by atoms with Gasteiger partial charge in [-0.3, -0.25) is 0 Å². The first-order valence-electron chi connectivity index (χ1n) is 7.29. The van der Waals surface area contributed by atoms with Gasteiger partial charge in [0, 0.05) is 18.2 Å². The van der Waals surface area contributed by atoms with Gasteiger partial charge in [-0.05, 0) is 31.0 Å². The van der Waals surface area contributed by atoms with E-state index >= 15 is 0 Å². The Balaban J connectivity index is 1.76. The van der Waals surface area contributed by atoms with Gasteiger partial charge in [-0.1, -0.05) is 36.4 Å². The molecule has 3 nitrogen and oxygen atoms in total. The fourth-order valence-electron chi connectivity index (χ4n) is 2.28. The van der Waals surface area contributed by atoms with Gasteiger partial charge in [-0.15, -0.1) is 0 Å². The number of hydrogen-bond acceptors (Lipinski definition) is 3. The van der Waals surface area contributed by atoms with Crippen molar-refractivity contribution in [2.24, 2.45) is 0 Å². The molecule has 2 aromatic carbocycles. The quantitative estimate of drug-likeness (QED) is 0.754. The molecule has 2 aromatic rings. The lowest BCUT2D eigenvalue weighted by Crippen LogP contribution is -2.16. The topological polar surface area (TPSA) is 30.5 Å². The third kappa shape index (κ3) is 4.80. The van der Waals surface area contributed by atoms with Crippen molar-refractivity contribution in [3.8, 4) is 11.5 Å². The van der Waals surface area contributed by atoms with Crippen molar-refractivity contribution in [3.63, 3.8) is 0 Å². The van der Waals surface area contributed by atoms with Gasteiger partial charge >= 0.3 is 0 Å². The van der Waals surface area contributed by atoms with Gasteiger partial charge in [0.2, 0.25) is 0 Å². The number of rotatable bonds is 8. The van der Waals surface area contributed by atoms with Crippen LogP contribution in [-0.4, -0.2) is 20.8 Å². The van der Waals surface area contributed by atoms with Crippen LogP contribution < -0.4 is 14.8 Å². The highest BCUT2D eigenvalue weighted by atomic mass is 16.5. The minimum Gasteiger partial charge on any atom is -0.497 e. The Hall–Kier alpha value is -2.00. The van der Waals surface area contributed by atoms with Crippen molar-refractivity contribution in [3.05, 3.63) is 59.7 Å². The summed E-state index contributed by atoms with van der Waals surface area (Å²) in [5, 5.41) is 3.46. The third-order valence-electron chi connectivity index (χ3n) is 3.47. The maximum absolute atomic E-state index is 5.39. The van der Waals surface area contributed by atoms with E-state index in [2.05, 4.69) is 35.6 Å². The molecular formula is C18H23NO2. The molecule has 0 saturated heterocycles. The van der Waals surface area contributed by atoms with Crippen molar-refractivity contribution in [1.29, 1.82) is 0 Å². The summed E-state index contributed by atoms with van der Waals surface area (Å²) in [4.78, 5) is 0. The van der Waals surface area contributed by atoms with Gasteiger partial charge in [0.15, 0.2) is 0 Å². The maximum atomic E-state index is 5.39. The molecule has 0 heterocycles. The van der Waals surface area contributed by atoms with Gasteiger partial charge in [-0.2, -0.15) is 0 Å². The summed E-state index contributed by atoms with van der Waals surface area (Å²) in [5.41, 5.74) is 2.54. The average Bonchev–Trinajstić information content (AvgIpc) is 2.55. The molecule has 0 bridgehead atoms. The maximum Gasteiger partial charge on any atom is 0.127 e. The molecule has 0 amide bonds. The molecule has 0 atom stereocenters.